The summed E-state index contributed by atoms with van der Waals surface area (Å²) >= 11 is 0. The Balaban J connectivity index is 0.000000292. The van der Waals surface area contributed by atoms with Crippen molar-refractivity contribution in [1.29, 1.82) is 0 Å². The average molecular weight is 156 g/mol. The molecule has 0 spiro atoms. The molecule has 0 aromatic heterocycles. The lowest BCUT2D eigenvalue weighted by atomic mass is 9.99. The molecule has 0 aliphatic heterocycles. The van der Waals surface area contributed by atoms with E-state index in [0.29, 0.717) is 0 Å². The van der Waals surface area contributed by atoms with E-state index in [4.69, 9.17) is 5.11 Å². The molecule has 1 aliphatic carbocycles. The van der Waals surface area contributed by atoms with Crippen molar-refractivity contribution < 1.29 is 5.11 Å². The molecule has 0 aromatic carbocycles. The second kappa shape index (κ2) is 6.41. The third-order valence-electron chi connectivity index (χ3n) is 1.55. The predicted molar refractivity (Wildman–Crippen MR) is 49.6 cm³/mol. The summed E-state index contributed by atoms with van der Waals surface area (Å²) in [5.41, 5.74) is 1.34. The summed E-state index contributed by atoms with van der Waals surface area (Å²) in [5, 5.41) is 9.00. The summed E-state index contributed by atoms with van der Waals surface area (Å²) in [6.07, 6.45) is 6.34. The fourth-order valence-corrected chi connectivity index (χ4v) is 1.09. The molecule has 0 bridgehead atoms. The highest BCUT2D eigenvalue weighted by molar-refractivity contribution is 5.04. The van der Waals surface area contributed by atoms with Crippen LogP contribution >= 0.6 is 0 Å². The molecule has 1 rings (SSSR count). The van der Waals surface area contributed by atoms with Gasteiger partial charge in [0.05, 0.1) is 6.10 Å². The maximum absolute atomic E-state index is 9.00. The topological polar surface area (TPSA) is 20.2 Å². The van der Waals surface area contributed by atoms with Crippen LogP contribution in [0.5, 0.6) is 0 Å². The summed E-state index contributed by atoms with van der Waals surface area (Å²) < 4.78 is 0. The van der Waals surface area contributed by atoms with Crippen molar-refractivity contribution in [3.8, 4) is 0 Å². The van der Waals surface area contributed by atoms with E-state index >= 15 is 0 Å². The van der Waals surface area contributed by atoms with Crippen LogP contribution < -0.4 is 0 Å². The van der Waals surface area contributed by atoms with E-state index < -0.39 is 0 Å². The zero-order valence-corrected chi connectivity index (χ0v) is 7.93. The first-order valence-corrected chi connectivity index (χ1v) is 4.56. The van der Waals surface area contributed by atoms with Crippen molar-refractivity contribution in [2.75, 3.05) is 0 Å². The van der Waals surface area contributed by atoms with Crippen LogP contribution in [-0.4, -0.2) is 11.2 Å². The molecule has 0 amide bonds. The number of rotatable bonds is 0. The summed E-state index contributed by atoms with van der Waals surface area (Å²) in [4.78, 5) is 0. The monoisotopic (exact) mass is 156 g/mol. The molecule has 1 heteroatoms. The fourth-order valence-electron chi connectivity index (χ4n) is 1.09. The minimum atomic E-state index is -0.149. The van der Waals surface area contributed by atoms with E-state index in [1.54, 1.807) is 0 Å². The lowest BCUT2D eigenvalue weighted by Crippen LogP contribution is -2.07. The predicted octanol–water partition coefficient (Wildman–Crippen LogP) is 2.89. The molecule has 66 valence electrons. The van der Waals surface area contributed by atoms with Gasteiger partial charge in [-0.25, -0.2) is 0 Å². The number of aliphatic hydroxyl groups is 1. The van der Waals surface area contributed by atoms with Gasteiger partial charge in [0.15, 0.2) is 0 Å². The summed E-state index contributed by atoms with van der Waals surface area (Å²) in [6.45, 7) is 6.32. The number of hydrogen-bond donors (Lipinski definition) is 1. The van der Waals surface area contributed by atoms with Gasteiger partial charge in [-0.3, -0.25) is 0 Å². The van der Waals surface area contributed by atoms with E-state index in [1.165, 1.54) is 18.4 Å². The van der Waals surface area contributed by atoms with E-state index in [1.807, 2.05) is 6.08 Å². The number of hydrogen-bond acceptors (Lipinski definition) is 1. The van der Waals surface area contributed by atoms with Crippen LogP contribution in [0.25, 0.3) is 0 Å². The standard InChI is InChI=1S/C7H12O.C3H8/c1-6-3-2-4-7(8)5-6;1-3-2/h5,7-8H,2-4H2,1H3;3H2,1-2H3. The highest BCUT2D eigenvalue weighted by Gasteiger charge is 2.05. The Morgan fingerprint density at radius 1 is 1.55 bits per heavy atom. The third-order valence-corrected chi connectivity index (χ3v) is 1.55. The lowest BCUT2D eigenvalue weighted by Gasteiger charge is -2.12. The zero-order valence-electron chi connectivity index (χ0n) is 7.93. The molecule has 1 nitrogen and oxygen atoms in total. The van der Waals surface area contributed by atoms with Crippen molar-refractivity contribution in [2.24, 2.45) is 0 Å². The molecule has 0 radical (unpaired) electrons. The molecule has 0 fully saturated rings. The molecular weight excluding hydrogens is 136 g/mol. The molecule has 0 saturated carbocycles. The first-order valence-electron chi connectivity index (χ1n) is 4.56. The maximum Gasteiger partial charge on any atom is 0.0723 e. The SMILES string of the molecule is CC1=CC(O)CCC1.CCC. The van der Waals surface area contributed by atoms with Crippen LogP contribution in [0.3, 0.4) is 0 Å². The molecule has 1 N–H and O–H groups in total. The van der Waals surface area contributed by atoms with Crippen molar-refractivity contribution in [3.63, 3.8) is 0 Å². The minimum Gasteiger partial charge on any atom is -0.389 e. The van der Waals surface area contributed by atoms with Gasteiger partial charge in [-0.05, 0) is 26.2 Å². The Morgan fingerprint density at radius 3 is 2.36 bits per heavy atom. The summed E-state index contributed by atoms with van der Waals surface area (Å²) in [6, 6.07) is 0. The van der Waals surface area contributed by atoms with Crippen LogP contribution in [0.2, 0.25) is 0 Å². The second-order valence-electron chi connectivity index (χ2n) is 3.18. The van der Waals surface area contributed by atoms with E-state index in [9.17, 15) is 0 Å². The van der Waals surface area contributed by atoms with Crippen LogP contribution in [-0.2, 0) is 0 Å². The Bertz CT molecular complexity index is 116. The molecule has 1 unspecified atom stereocenters. The molecule has 0 saturated heterocycles. The van der Waals surface area contributed by atoms with Crippen LogP contribution in [0.15, 0.2) is 11.6 Å². The second-order valence-corrected chi connectivity index (χ2v) is 3.18. The largest absolute Gasteiger partial charge is 0.389 e. The smallest absolute Gasteiger partial charge is 0.0723 e. The highest BCUT2D eigenvalue weighted by Crippen LogP contribution is 2.16. The zero-order chi connectivity index (χ0) is 8.69. The Labute approximate surface area is 70.1 Å². The Kier molecular flexibility index (Phi) is 6.24. The van der Waals surface area contributed by atoms with Gasteiger partial charge in [-0.2, -0.15) is 0 Å². The number of allylic oxidation sites excluding steroid dienone is 1. The normalized spacial score (nSPS) is 23.3. The van der Waals surface area contributed by atoms with Crippen molar-refractivity contribution >= 4 is 0 Å². The van der Waals surface area contributed by atoms with Gasteiger partial charge >= 0.3 is 0 Å². The summed E-state index contributed by atoms with van der Waals surface area (Å²) in [7, 11) is 0. The molecule has 1 aliphatic rings. The van der Waals surface area contributed by atoms with Crippen LogP contribution in [0.1, 0.15) is 46.5 Å². The van der Waals surface area contributed by atoms with Gasteiger partial charge in [0.1, 0.15) is 0 Å². The first kappa shape index (κ1) is 10.7. The quantitative estimate of drug-likeness (QED) is 0.535. The van der Waals surface area contributed by atoms with Crippen LogP contribution in [0.4, 0.5) is 0 Å². The molecular formula is C10H20O. The van der Waals surface area contributed by atoms with Crippen LogP contribution in [0, 0.1) is 0 Å². The third kappa shape index (κ3) is 6.11. The van der Waals surface area contributed by atoms with Gasteiger partial charge in [0, 0.05) is 0 Å². The van der Waals surface area contributed by atoms with Gasteiger partial charge in [-0.1, -0.05) is 31.9 Å². The highest BCUT2D eigenvalue weighted by atomic mass is 16.3. The Hall–Kier alpha value is -0.300. The van der Waals surface area contributed by atoms with Crippen molar-refractivity contribution in [1.82, 2.24) is 0 Å². The van der Waals surface area contributed by atoms with Crippen molar-refractivity contribution in [2.45, 2.75) is 52.6 Å². The number of aliphatic hydroxyl groups excluding tert-OH is 1. The van der Waals surface area contributed by atoms with Crippen molar-refractivity contribution in [3.05, 3.63) is 11.6 Å². The summed E-state index contributed by atoms with van der Waals surface area (Å²) in [5.74, 6) is 0. The Morgan fingerprint density at radius 2 is 2.09 bits per heavy atom. The average Bonchev–Trinajstić information content (AvgIpc) is 1.88. The maximum atomic E-state index is 9.00. The van der Waals surface area contributed by atoms with Gasteiger partial charge in [0.25, 0.3) is 0 Å². The molecule has 1 atom stereocenters. The first-order chi connectivity index (χ1) is 5.20. The van der Waals surface area contributed by atoms with Gasteiger partial charge in [-0.15, -0.1) is 0 Å². The minimum absolute atomic E-state index is 0.149. The van der Waals surface area contributed by atoms with E-state index in [0.717, 1.165) is 12.8 Å². The lowest BCUT2D eigenvalue weighted by molar-refractivity contribution is 0.202. The molecule has 0 heterocycles. The fraction of sp³-hybridized carbons (Fsp3) is 0.800. The van der Waals surface area contributed by atoms with E-state index in [2.05, 4.69) is 20.8 Å². The van der Waals surface area contributed by atoms with Gasteiger partial charge < -0.3 is 5.11 Å². The van der Waals surface area contributed by atoms with Gasteiger partial charge in [0.2, 0.25) is 0 Å². The molecule has 0 aromatic rings. The molecule has 11 heavy (non-hydrogen) atoms. The van der Waals surface area contributed by atoms with E-state index in [-0.39, 0.29) is 6.10 Å².